The number of carbonyl (C=O) groups is 2. The Hall–Kier alpha value is -3.82. The van der Waals surface area contributed by atoms with E-state index in [1.807, 2.05) is 0 Å². The number of aromatic nitrogens is 1. The Morgan fingerprint density at radius 1 is 0.833 bits per heavy atom. The van der Waals surface area contributed by atoms with Crippen molar-refractivity contribution in [1.82, 2.24) is 5.16 Å². The van der Waals surface area contributed by atoms with Gasteiger partial charge in [-0.2, -0.15) is 13.2 Å². The Bertz CT molecular complexity index is 1430. The molecular weight excluding hydrogens is 518 g/mol. The van der Waals surface area contributed by atoms with Crippen molar-refractivity contribution in [1.29, 1.82) is 0 Å². The lowest BCUT2D eigenvalue weighted by atomic mass is 10.1. The van der Waals surface area contributed by atoms with Crippen LogP contribution in [0.1, 0.15) is 32.0 Å². The third-order valence-electron chi connectivity index (χ3n) is 5.19. The normalized spacial score (nSPS) is 11.3. The molecule has 4 aromatic rings. The minimum Gasteiger partial charge on any atom is -0.360 e. The van der Waals surface area contributed by atoms with Gasteiger partial charge in [0.2, 0.25) is 0 Å². The third kappa shape index (κ3) is 5.22. The minimum atomic E-state index is -4.51. The molecule has 0 fully saturated rings. The molecule has 0 atom stereocenters. The maximum absolute atomic E-state index is 13.2. The van der Waals surface area contributed by atoms with Crippen LogP contribution in [-0.4, -0.2) is 17.0 Å². The van der Waals surface area contributed by atoms with Gasteiger partial charge in [-0.1, -0.05) is 46.6 Å². The van der Waals surface area contributed by atoms with Gasteiger partial charge in [0, 0.05) is 11.1 Å². The van der Waals surface area contributed by atoms with Gasteiger partial charge in [0.1, 0.15) is 17.0 Å². The average molecular weight is 534 g/mol. The minimum absolute atomic E-state index is 0.00894. The molecule has 2 N–H and O–H groups in total. The first-order valence-corrected chi connectivity index (χ1v) is 11.1. The summed E-state index contributed by atoms with van der Waals surface area (Å²) in [5.41, 5.74) is 0.161. The summed E-state index contributed by atoms with van der Waals surface area (Å²) in [5, 5.41) is 9.79. The fourth-order valence-electron chi connectivity index (χ4n) is 3.43. The molecule has 0 bridgehead atoms. The number of benzene rings is 3. The van der Waals surface area contributed by atoms with Gasteiger partial charge in [0.05, 0.1) is 27.0 Å². The summed E-state index contributed by atoms with van der Waals surface area (Å²) in [4.78, 5) is 25.9. The van der Waals surface area contributed by atoms with E-state index in [2.05, 4.69) is 15.8 Å². The van der Waals surface area contributed by atoms with Crippen LogP contribution in [0.25, 0.3) is 11.3 Å². The molecule has 0 unspecified atom stereocenters. The Labute approximate surface area is 213 Å². The zero-order valence-corrected chi connectivity index (χ0v) is 19.9. The van der Waals surface area contributed by atoms with Crippen molar-refractivity contribution in [2.75, 3.05) is 10.6 Å². The van der Waals surface area contributed by atoms with Crippen molar-refractivity contribution in [2.24, 2.45) is 0 Å². The van der Waals surface area contributed by atoms with Crippen molar-refractivity contribution in [3.8, 4) is 11.3 Å². The second-order valence-electron chi connectivity index (χ2n) is 7.59. The van der Waals surface area contributed by atoms with Crippen LogP contribution in [0.3, 0.4) is 0 Å². The summed E-state index contributed by atoms with van der Waals surface area (Å²) < 4.78 is 43.6. The monoisotopic (exact) mass is 533 g/mol. The van der Waals surface area contributed by atoms with Crippen molar-refractivity contribution in [3.63, 3.8) is 0 Å². The quantitative estimate of drug-likeness (QED) is 0.278. The van der Waals surface area contributed by atoms with Gasteiger partial charge < -0.3 is 15.2 Å². The number of aryl methyl sites for hydroxylation is 1. The fourth-order valence-corrected chi connectivity index (χ4v) is 4.00. The Morgan fingerprint density at radius 2 is 1.39 bits per heavy atom. The van der Waals surface area contributed by atoms with Crippen molar-refractivity contribution >= 4 is 46.4 Å². The molecule has 0 aliphatic heterocycles. The average Bonchev–Trinajstić information content (AvgIpc) is 3.20. The molecule has 4 rings (SSSR count). The highest BCUT2D eigenvalue weighted by Gasteiger charge is 2.30. The molecule has 0 saturated carbocycles. The number of nitrogens with zero attached hydrogens (tertiary/aromatic N) is 1. The lowest BCUT2D eigenvalue weighted by molar-refractivity contribution is -0.137. The molecule has 184 valence electrons. The summed E-state index contributed by atoms with van der Waals surface area (Å²) in [7, 11) is 0. The van der Waals surface area contributed by atoms with Gasteiger partial charge in [-0.25, -0.2) is 0 Å². The predicted octanol–water partition coefficient (Wildman–Crippen LogP) is 7.48. The number of nitrogens with one attached hydrogen (secondary N) is 2. The number of amides is 2. The van der Waals surface area contributed by atoms with Crippen LogP contribution in [0.2, 0.25) is 10.0 Å². The Morgan fingerprint density at radius 3 is 1.94 bits per heavy atom. The lowest BCUT2D eigenvalue weighted by Gasteiger charge is -2.13. The van der Waals surface area contributed by atoms with Crippen LogP contribution in [0.15, 0.2) is 71.3 Å². The molecule has 6 nitrogen and oxygen atoms in total. The summed E-state index contributed by atoms with van der Waals surface area (Å²) in [5.74, 6) is -1.05. The molecule has 0 aliphatic rings. The molecule has 3 aromatic carbocycles. The van der Waals surface area contributed by atoms with Gasteiger partial charge in [-0.3, -0.25) is 9.59 Å². The third-order valence-corrected chi connectivity index (χ3v) is 5.82. The number of hydrogen-bond donors (Lipinski definition) is 2. The smallest absolute Gasteiger partial charge is 0.360 e. The van der Waals surface area contributed by atoms with E-state index in [9.17, 15) is 22.8 Å². The maximum atomic E-state index is 13.2. The second kappa shape index (κ2) is 10.0. The van der Waals surface area contributed by atoms with Crippen molar-refractivity contribution in [2.45, 2.75) is 13.1 Å². The molecule has 2 amide bonds. The molecule has 0 spiro atoms. The maximum Gasteiger partial charge on any atom is 0.416 e. The topological polar surface area (TPSA) is 84.2 Å². The van der Waals surface area contributed by atoms with Gasteiger partial charge in [-0.15, -0.1) is 0 Å². The van der Waals surface area contributed by atoms with E-state index < -0.39 is 23.6 Å². The highest BCUT2D eigenvalue weighted by molar-refractivity contribution is 6.39. The van der Waals surface area contributed by atoms with E-state index in [0.717, 1.165) is 24.3 Å². The summed E-state index contributed by atoms with van der Waals surface area (Å²) in [6.07, 6.45) is -4.51. The first-order valence-electron chi connectivity index (χ1n) is 10.4. The molecule has 11 heteroatoms. The van der Waals surface area contributed by atoms with Crippen LogP contribution in [-0.2, 0) is 6.18 Å². The predicted molar refractivity (Wildman–Crippen MR) is 130 cm³/mol. The molecule has 1 heterocycles. The largest absolute Gasteiger partial charge is 0.416 e. The van der Waals surface area contributed by atoms with Gasteiger partial charge in [0.25, 0.3) is 11.8 Å². The highest BCUT2D eigenvalue weighted by Crippen LogP contribution is 2.37. The highest BCUT2D eigenvalue weighted by atomic mass is 35.5. The van der Waals surface area contributed by atoms with Crippen LogP contribution in [0.4, 0.5) is 24.5 Å². The van der Waals surface area contributed by atoms with Crippen LogP contribution in [0, 0.1) is 6.92 Å². The Balaban J connectivity index is 1.59. The SMILES string of the molecule is Cc1onc(-c2c(Cl)cccc2Cl)c1C(=O)Nc1ccccc1NC(=O)c1ccc(C(F)(F)F)cc1. The van der Waals surface area contributed by atoms with E-state index in [1.165, 1.54) is 6.07 Å². The van der Waals surface area contributed by atoms with Crippen molar-refractivity contribution in [3.05, 3.63) is 99.2 Å². The number of halogens is 5. The molecule has 0 saturated heterocycles. The van der Waals surface area contributed by atoms with Gasteiger partial charge in [-0.05, 0) is 55.5 Å². The van der Waals surface area contributed by atoms with Crippen LogP contribution in [0.5, 0.6) is 0 Å². The lowest BCUT2D eigenvalue weighted by Crippen LogP contribution is -2.17. The number of hydrogen-bond acceptors (Lipinski definition) is 4. The van der Waals surface area contributed by atoms with E-state index in [4.69, 9.17) is 27.7 Å². The first kappa shape index (κ1) is 25.3. The summed E-state index contributed by atoms with van der Waals surface area (Å²) in [6.45, 7) is 1.55. The van der Waals surface area contributed by atoms with E-state index in [1.54, 1.807) is 43.3 Å². The zero-order valence-electron chi connectivity index (χ0n) is 18.4. The van der Waals surface area contributed by atoms with E-state index in [0.29, 0.717) is 5.56 Å². The molecular formula is C25H16Cl2F3N3O3. The number of anilines is 2. The van der Waals surface area contributed by atoms with Crippen molar-refractivity contribution < 1.29 is 27.3 Å². The fraction of sp³-hybridized carbons (Fsp3) is 0.0800. The van der Waals surface area contributed by atoms with E-state index in [-0.39, 0.29) is 44.0 Å². The van der Waals surface area contributed by atoms with E-state index >= 15 is 0 Å². The summed E-state index contributed by atoms with van der Waals surface area (Å²) in [6, 6.07) is 15.0. The standard InChI is InChI=1S/C25H16Cl2F3N3O3/c1-13-20(22(33-36-13)21-16(26)5-4-6-17(21)27)24(35)32-19-8-3-2-7-18(19)31-23(34)14-9-11-15(12-10-14)25(28,29)30/h2-12H,1H3,(H,31,34)(H,32,35). The zero-order chi connectivity index (χ0) is 26.0. The molecule has 0 radical (unpaired) electrons. The van der Waals surface area contributed by atoms with Gasteiger partial charge >= 0.3 is 6.18 Å². The van der Waals surface area contributed by atoms with Gasteiger partial charge in [0.15, 0.2) is 0 Å². The Kier molecular flexibility index (Phi) is 7.05. The number of carbonyl (C=O) groups excluding carboxylic acids is 2. The number of rotatable bonds is 5. The first-order chi connectivity index (χ1) is 17.1. The van der Waals surface area contributed by atoms with Crippen LogP contribution >= 0.6 is 23.2 Å². The molecule has 0 aliphatic carbocycles. The molecule has 1 aromatic heterocycles. The number of para-hydroxylation sites is 2. The summed E-state index contributed by atoms with van der Waals surface area (Å²) >= 11 is 12.6. The second-order valence-corrected chi connectivity index (χ2v) is 8.40. The molecule has 36 heavy (non-hydrogen) atoms. The number of alkyl halides is 3. The van der Waals surface area contributed by atoms with Crippen LogP contribution < -0.4 is 10.6 Å².